The zero-order valence-corrected chi connectivity index (χ0v) is 16.3. The SMILES string of the molecule is CC(C)c1noc(CN2C[C@@H]3[C@H](CNC(=O)c4ccoc4)[C@H]4CC[C@]3(C2)O4)n1. The summed E-state index contributed by atoms with van der Waals surface area (Å²) in [5.41, 5.74) is 0.473. The molecule has 0 aromatic carbocycles. The van der Waals surface area contributed by atoms with Crippen molar-refractivity contribution in [2.75, 3.05) is 19.6 Å². The van der Waals surface area contributed by atoms with Gasteiger partial charge in [-0.1, -0.05) is 19.0 Å². The molecule has 3 aliphatic rings. The van der Waals surface area contributed by atoms with Gasteiger partial charge in [0.05, 0.1) is 30.1 Å². The van der Waals surface area contributed by atoms with Crippen LogP contribution in [0, 0.1) is 11.8 Å². The summed E-state index contributed by atoms with van der Waals surface area (Å²) in [5.74, 6) is 2.35. The molecule has 8 nitrogen and oxygen atoms in total. The van der Waals surface area contributed by atoms with Gasteiger partial charge in [0, 0.05) is 37.4 Å². The molecule has 5 rings (SSSR count). The Hall–Kier alpha value is -2.19. The molecule has 2 aromatic heterocycles. The number of nitrogens with one attached hydrogen (secondary N) is 1. The maximum atomic E-state index is 12.3. The molecule has 0 unspecified atom stereocenters. The molecule has 150 valence electrons. The van der Waals surface area contributed by atoms with E-state index in [-0.39, 0.29) is 23.5 Å². The Balaban J connectivity index is 1.24. The van der Waals surface area contributed by atoms with Crippen molar-refractivity contribution in [3.05, 3.63) is 35.9 Å². The molecule has 1 amide bonds. The van der Waals surface area contributed by atoms with Gasteiger partial charge >= 0.3 is 0 Å². The second kappa shape index (κ2) is 6.70. The zero-order valence-electron chi connectivity index (χ0n) is 16.3. The van der Waals surface area contributed by atoms with E-state index in [1.807, 2.05) is 0 Å². The average Bonchev–Trinajstić information content (AvgIpc) is 3.44. The number of carbonyl (C=O) groups is 1. The van der Waals surface area contributed by atoms with Crippen LogP contribution in [0.3, 0.4) is 0 Å². The van der Waals surface area contributed by atoms with Crippen LogP contribution in [0.5, 0.6) is 0 Å². The lowest BCUT2D eigenvalue weighted by atomic mass is 9.73. The van der Waals surface area contributed by atoms with Crippen LogP contribution in [0.15, 0.2) is 27.5 Å². The number of fused-ring (bicyclic) bond motifs is 1. The standard InChI is InChI=1S/C20H26N4O4/c1-12(2)18-22-17(28-23-18)9-24-8-15-14(16-3-5-20(15,11-24)27-16)7-21-19(25)13-4-6-26-10-13/h4,6,10,12,14-16H,3,5,7-9,11H2,1-2H3,(H,21,25)/t14-,15+,16+,20+/m0/s1. The van der Waals surface area contributed by atoms with Crippen molar-refractivity contribution in [1.29, 1.82) is 0 Å². The highest BCUT2D eigenvalue weighted by Crippen LogP contribution is 2.54. The Kier molecular flexibility index (Phi) is 4.28. The predicted octanol–water partition coefficient (Wildman–Crippen LogP) is 2.20. The maximum absolute atomic E-state index is 12.3. The van der Waals surface area contributed by atoms with E-state index in [4.69, 9.17) is 13.7 Å². The van der Waals surface area contributed by atoms with Crippen molar-refractivity contribution in [3.8, 4) is 0 Å². The predicted molar refractivity (Wildman–Crippen MR) is 98.5 cm³/mol. The topological polar surface area (TPSA) is 93.6 Å². The summed E-state index contributed by atoms with van der Waals surface area (Å²) in [6.07, 6.45) is 5.39. The fourth-order valence-corrected chi connectivity index (χ4v) is 5.14. The fraction of sp³-hybridized carbons (Fsp3) is 0.650. The van der Waals surface area contributed by atoms with Gasteiger partial charge < -0.3 is 19.0 Å². The van der Waals surface area contributed by atoms with Crippen LogP contribution in [0.2, 0.25) is 0 Å². The molecule has 3 fully saturated rings. The number of hydrogen-bond acceptors (Lipinski definition) is 7. The molecule has 0 radical (unpaired) electrons. The minimum atomic E-state index is -0.0903. The third kappa shape index (κ3) is 2.95. The highest BCUT2D eigenvalue weighted by Gasteiger charge is 2.62. The summed E-state index contributed by atoms with van der Waals surface area (Å²) in [4.78, 5) is 19.1. The molecule has 2 bridgehead atoms. The average molecular weight is 386 g/mol. The van der Waals surface area contributed by atoms with E-state index in [9.17, 15) is 4.79 Å². The van der Waals surface area contributed by atoms with Crippen LogP contribution in [0.1, 0.15) is 54.7 Å². The highest BCUT2D eigenvalue weighted by molar-refractivity contribution is 5.93. The van der Waals surface area contributed by atoms with Crippen LogP contribution in [-0.4, -0.2) is 52.3 Å². The molecule has 0 aliphatic carbocycles. The van der Waals surface area contributed by atoms with E-state index in [0.29, 0.717) is 36.4 Å². The molecule has 8 heteroatoms. The Bertz CT molecular complexity index is 848. The van der Waals surface area contributed by atoms with Crippen LogP contribution < -0.4 is 5.32 Å². The Morgan fingerprint density at radius 3 is 3.11 bits per heavy atom. The molecular formula is C20H26N4O4. The number of likely N-dealkylation sites (tertiary alicyclic amines) is 1. The van der Waals surface area contributed by atoms with Gasteiger partial charge in [-0.2, -0.15) is 4.98 Å². The first-order valence-electron chi connectivity index (χ1n) is 10.1. The second-order valence-corrected chi connectivity index (χ2v) is 8.62. The van der Waals surface area contributed by atoms with Crippen LogP contribution in [-0.2, 0) is 11.3 Å². The normalized spacial score (nSPS) is 31.6. The molecule has 3 saturated heterocycles. The number of carbonyl (C=O) groups excluding carboxylic acids is 1. The smallest absolute Gasteiger partial charge is 0.254 e. The first-order valence-corrected chi connectivity index (χ1v) is 10.1. The molecule has 5 heterocycles. The third-order valence-electron chi connectivity index (χ3n) is 6.50. The number of aromatic nitrogens is 2. The summed E-state index contributed by atoms with van der Waals surface area (Å²) < 4.78 is 16.9. The molecule has 1 spiro atoms. The molecule has 4 atom stereocenters. The van der Waals surface area contributed by atoms with Crippen molar-refractivity contribution in [2.45, 2.75) is 50.9 Å². The Labute approximate surface area is 163 Å². The Morgan fingerprint density at radius 1 is 1.46 bits per heavy atom. The van der Waals surface area contributed by atoms with E-state index in [1.54, 1.807) is 6.07 Å². The summed E-state index contributed by atoms with van der Waals surface area (Å²) in [6, 6.07) is 1.68. The number of nitrogens with zero attached hydrogens (tertiary/aromatic N) is 3. The fourth-order valence-electron chi connectivity index (χ4n) is 5.14. The minimum absolute atomic E-state index is 0.0867. The van der Waals surface area contributed by atoms with Crippen LogP contribution in [0.25, 0.3) is 0 Å². The lowest BCUT2D eigenvalue weighted by molar-refractivity contribution is 0.00143. The van der Waals surface area contributed by atoms with Crippen LogP contribution >= 0.6 is 0 Å². The van der Waals surface area contributed by atoms with Gasteiger partial charge in [-0.3, -0.25) is 9.69 Å². The first kappa shape index (κ1) is 17.9. The number of amides is 1. The van der Waals surface area contributed by atoms with Gasteiger partial charge in [-0.15, -0.1) is 0 Å². The lowest BCUT2D eigenvalue weighted by Gasteiger charge is -2.29. The molecule has 28 heavy (non-hydrogen) atoms. The molecule has 0 saturated carbocycles. The summed E-state index contributed by atoms with van der Waals surface area (Å²) in [6.45, 7) is 7.22. The van der Waals surface area contributed by atoms with Crippen molar-refractivity contribution in [1.82, 2.24) is 20.4 Å². The number of rotatable bonds is 6. The van der Waals surface area contributed by atoms with Crippen molar-refractivity contribution < 1.29 is 18.5 Å². The van der Waals surface area contributed by atoms with Crippen molar-refractivity contribution in [3.63, 3.8) is 0 Å². The summed E-state index contributed by atoms with van der Waals surface area (Å²) in [7, 11) is 0. The van der Waals surface area contributed by atoms with E-state index in [1.165, 1.54) is 12.5 Å². The first-order chi connectivity index (χ1) is 13.5. The lowest BCUT2D eigenvalue weighted by Crippen LogP contribution is -2.41. The number of hydrogen-bond donors (Lipinski definition) is 1. The third-order valence-corrected chi connectivity index (χ3v) is 6.50. The van der Waals surface area contributed by atoms with E-state index < -0.39 is 0 Å². The highest BCUT2D eigenvalue weighted by atomic mass is 16.5. The molecule has 1 N–H and O–H groups in total. The quantitative estimate of drug-likeness (QED) is 0.813. The van der Waals surface area contributed by atoms with E-state index in [0.717, 1.165) is 31.8 Å². The van der Waals surface area contributed by atoms with Gasteiger partial charge in [0.1, 0.15) is 6.26 Å². The summed E-state index contributed by atoms with van der Waals surface area (Å²) >= 11 is 0. The molecule has 2 aromatic rings. The van der Waals surface area contributed by atoms with E-state index >= 15 is 0 Å². The van der Waals surface area contributed by atoms with Gasteiger partial charge in [-0.05, 0) is 18.9 Å². The Morgan fingerprint density at radius 2 is 2.36 bits per heavy atom. The number of ether oxygens (including phenoxy) is 1. The largest absolute Gasteiger partial charge is 0.472 e. The van der Waals surface area contributed by atoms with Gasteiger partial charge in [0.2, 0.25) is 5.89 Å². The van der Waals surface area contributed by atoms with Crippen LogP contribution in [0.4, 0.5) is 0 Å². The summed E-state index contributed by atoms with van der Waals surface area (Å²) in [5, 5.41) is 7.13. The van der Waals surface area contributed by atoms with Crippen molar-refractivity contribution in [2.24, 2.45) is 11.8 Å². The monoisotopic (exact) mass is 386 g/mol. The second-order valence-electron chi connectivity index (χ2n) is 8.62. The maximum Gasteiger partial charge on any atom is 0.254 e. The van der Waals surface area contributed by atoms with Gasteiger partial charge in [0.15, 0.2) is 5.82 Å². The molecular weight excluding hydrogens is 360 g/mol. The van der Waals surface area contributed by atoms with Crippen molar-refractivity contribution >= 4 is 5.91 Å². The molecule has 3 aliphatic heterocycles. The zero-order chi connectivity index (χ0) is 19.3. The minimum Gasteiger partial charge on any atom is -0.472 e. The van der Waals surface area contributed by atoms with E-state index in [2.05, 4.69) is 34.2 Å². The van der Waals surface area contributed by atoms with Gasteiger partial charge in [-0.25, -0.2) is 0 Å². The van der Waals surface area contributed by atoms with Gasteiger partial charge in [0.25, 0.3) is 5.91 Å². The number of furan rings is 1.